The third kappa shape index (κ3) is 5.26. The molecule has 2 aromatic heterocycles. The Morgan fingerprint density at radius 1 is 1.15 bits per heavy atom. The number of hydrogen-bond donors (Lipinski definition) is 0. The van der Waals surface area contributed by atoms with Crippen LogP contribution in [0.15, 0.2) is 49.1 Å². The van der Waals surface area contributed by atoms with Gasteiger partial charge < -0.3 is 23.7 Å². The van der Waals surface area contributed by atoms with Gasteiger partial charge in [-0.15, -0.1) is 0 Å². The van der Waals surface area contributed by atoms with Gasteiger partial charge in [-0.3, -0.25) is 9.88 Å². The largest absolute Gasteiger partial charge is 0.446 e. The molecule has 2 atom stereocenters. The summed E-state index contributed by atoms with van der Waals surface area (Å²) in [5.74, 6) is 0. The number of amides is 1. The number of hydrogen-bond acceptors (Lipinski definition) is 7. The first-order valence-corrected chi connectivity index (χ1v) is 14.1. The van der Waals surface area contributed by atoms with E-state index >= 15 is 0 Å². The van der Waals surface area contributed by atoms with Crippen molar-refractivity contribution in [2.24, 2.45) is 7.05 Å². The van der Waals surface area contributed by atoms with E-state index in [1.165, 1.54) is 0 Å². The predicted octanol–water partition coefficient (Wildman–Crippen LogP) is 4.73. The lowest BCUT2D eigenvalue weighted by molar-refractivity contribution is -0.0155. The number of piperazine rings is 1. The number of imidazole rings is 1. The van der Waals surface area contributed by atoms with E-state index in [1.807, 2.05) is 47.1 Å². The van der Waals surface area contributed by atoms with E-state index in [0.29, 0.717) is 44.4 Å². The second kappa shape index (κ2) is 11.7. The van der Waals surface area contributed by atoms with Crippen molar-refractivity contribution in [3.05, 3.63) is 82.2 Å². The van der Waals surface area contributed by atoms with Crippen molar-refractivity contribution in [1.82, 2.24) is 24.3 Å². The highest BCUT2D eigenvalue weighted by atomic mass is 35.5. The maximum atomic E-state index is 12.9. The topological polar surface area (TPSA) is 82.0 Å². The zero-order valence-electron chi connectivity index (χ0n) is 22.8. The second-order valence-corrected chi connectivity index (χ2v) is 10.9. The Labute approximate surface area is 239 Å². The van der Waals surface area contributed by atoms with Crippen LogP contribution in [0.2, 0.25) is 5.02 Å². The Kier molecular flexibility index (Phi) is 7.89. The summed E-state index contributed by atoms with van der Waals surface area (Å²) in [6.45, 7) is 3.83. The first-order valence-electron chi connectivity index (χ1n) is 13.8. The van der Waals surface area contributed by atoms with E-state index in [9.17, 15) is 4.79 Å². The third-order valence-electron chi connectivity index (χ3n) is 8.08. The average Bonchev–Trinajstić information content (AvgIpc) is 3.34. The Hall–Kier alpha value is -3.24. The average molecular weight is 564 g/mol. The van der Waals surface area contributed by atoms with Crippen LogP contribution in [0.3, 0.4) is 0 Å². The summed E-state index contributed by atoms with van der Waals surface area (Å²) < 4.78 is 19.3. The zero-order chi connectivity index (χ0) is 27.6. The van der Waals surface area contributed by atoms with Crippen LogP contribution in [0.1, 0.15) is 53.1 Å². The fourth-order valence-electron chi connectivity index (χ4n) is 5.98. The number of ether oxygens (including phenoxy) is 3. The van der Waals surface area contributed by atoms with E-state index in [0.717, 1.165) is 46.5 Å². The number of benzene rings is 1. The molecule has 40 heavy (non-hydrogen) atoms. The summed E-state index contributed by atoms with van der Waals surface area (Å²) in [5, 5.41) is 0.655. The number of aryl methyl sites for hydroxylation is 1. The lowest BCUT2D eigenvalue weighted by Gasteiger charge is -2.40. The quantitative estimate of drug-likeness (QED) is 0.444. The van der Waals surface area contributed by atoms with Crippen molar-refractivity contribution in [2.45, 2.75) is 31.1 Å². The second-order valence-electron chi connectivity index (χ2n) is 10.5. The molecular weight excluding hydrogens is 530 g/mol. The minimum Gasteiger partial charge on any atom is -0.446 e. The Morgan fingerprint density at radius 3 is 2.67 bits per heavy atom. The van der Waals surface area contributed by atoms with Crippen molar-refractivity contribution in [3.8, 4) is 0 Å². The molecule has 2 aliphatic heterocycles. The molecule has 9 nitrogen and oxygen atoms in total. The highest BCUT2D eigenvalue weighted by Crippen LogP contribution is 2.45. The minimum atomic E-state index is -0.353. The summed E-state index contributed by atoms with van der Waals surface area (Å²) >= 11 is 6.60. The molecule has 1 aliphatic carbocycles. The smallest absolute Gasteiger partial charge is 0.410 e. The fourth-order valence-corrected chi connectivity index (χ4v) is 6.15. The monoisotopic (exact) mass is 563 g/mol. The highest BCUT2D eigenvalue weighted by Gasteiger charge is 2.36. The molecule has 10 heteroatoms. The summed E-state index contributed by atoms with van der Waals surface area (Å²) in [7, 11) is 3.68. The molecule has 2 unspecified atom stereocenters. The summed E-state index contributed by atoms with van der Waals surface area (Å²) in [6.07, 6.45) is 8.49. The Bertz CT molecular complexity index is 1390. The molecule has 6 rings (SSSR count). The van der Waals surface area contributed by atoms with Gasteiger partial charge in [0.25, 0.3) is 0 Å². The van der Waals surface area contributed by atoms with Crippen LogP contribution in [0.5, 0.6) is 0 Å². The lowest BCUT2D eigenvalue weighted by Crippen LogP contribution is -2.50. The van der Waals surface area contributed by atoms with Crippen molar-refractivity contribution in [1.29, 1.82) is 0 Å². The van der Waals surface area contributed by atoms with Crippen molar-refractivity contribution in [2.75, 3.05) is 46.5 Å². The number of methoxy groups -OCH3 is 1. The summed E-state index contributed by atoms with van der Waals surface area (Å²) in [6, 6.07) is 10.00. The number of fused-ring (bicyclic) bond motifs is 2. The van der Waals surface area contributed by atoms with Crippen molar-refractivity contribution in [3.63, 3.8) is 0 Å². The van der Waals surface area contributed by atoms with E-state index in [2.05, 4.69) is 28.1 Å². The van der Waals surface area contributed by atoms with Crippen LogP contribution in [0.4, 0.5) is 4.79 Å². The number of aromatic nitrogens is 3. The van der Waals surface area contributed by atoms with Crippen LogP contribution in [-0.2, 0) is 21.3 Å². The van der Waals surface area contributed by atoms with E-state index in [-0.39, 0.29) is 24.3 Å². The molecule has 2 saturated heterocycles. The van der Waals surface area contributed by atoms with E-state index in [4.69, 9.17) is 30.8 Å². The lowest BCUT2D eigenvalue weighted by atomic mass is 9.91. The van der Waals surface area contributed by atoms with Crippen LogP contribution in [0, 0.1) is 0 Å². The molecule has 210 valence electrons. The van der Waals surface area contributed by atoms with Gasteiger partial charge >= 0.3 is 6.09 Å². The van der Waals surface area contributed by atoms with Gasteiger partial charge in [0.15, 0.2) is 0 Å². The summed E-state index contributed by atoms with van der Waals surface area (Å²) in [5.41, 5.74) is 6.07. The zero-order valence-corrected chi connectivity index (χ0v) is 23.6. The van der Waals surface area contributed by atoms with Gasteiger partial charge in [0.1, 0.15) is 12.2 Å². The van der Waals surface area contributed by atoms with Gasteiger partial charge in [-0.1, -0.05) is 23.7 Å². The third-order valence-corrected chi connectivity index (χ3v) is 8.31. The Balaban J connectivity index is 1.32. The molecule has 0 N–H and O–H groups in total. The van der Waals surface area contributed by atoms with Crippen molar-refractivity contribution < 1.29 is 19.0 Å². The molecule has 2 fully saturated rings. The number of halogens is 1. The van der Waals surface area contributed by atoms with Crippen molar-refractivity contribution >= 4 is 29.3 Å². The first kappa shape index (κ1) is 27.0. The van der Waals surface area contributed by atoms with Gasteiger partial charge in [0.2, 0.25) is 0 Å². The molecule has 0 saturated carbocycles. The summed E-state index contributed by atoms with van der Waals surface area (Å²) in [4.78, 5) is 26.4. The number of carbonyl (C=O) groups is 1. The number of nitrogens with zero attached hydrogens (tertiary/aromatic N) is 5. The maximum Gasteiger partial charge on any atom is 0.410 e. The van der Waals surface area contributed by atoms with Gasteiger partial charge in [-0.2, -0.15) is 0 Å². The normalized spacial score (nSPS) is 20.7. The molecule has 0 bridgehead atoms. The molecular formula is C30H34ClN5O4. The number of carbonyl (C=O) groups excluding carboxylic acids is 1. The van der Waals surface area contributed by atoms with E-state index in [1.54, 1.807) is 13.4 Å². The molecule has 0 spiro atoms. The van der Waals surface area contributed by atoms with E-state index < -0.39 is 0 Å². The van der Waals surface area contributed by atoms with Gasteiger partial charge in [-0.25, -0.2) is 9.78 Å². The molecule has 0 radical (unpaired) electrons. The molecule has 1 aromatic carbocycles. The minimum absolute atomic E-state index is 0.0634. The standard InChI is InChI=1S/C30H34ClN5O4/c1-34-19-32-18-26(34)29(38-2)25-16-20-4-3-9-33-27(20)28(23-6-5-21(31)17-24(23)25)35-10-12-36(13-11-35)30(37)40-22-7-14-39-15-8-22/h3-6,9,16-19,22,28-29H,7-8,10-15H2,1-2H3. The maximum absolute atomic E-state index is 12.9. The van der Waals surface area contributed by atoms with Crippen LogP contribution < -0.4 is 0 Å². The highest BCUT2D eigenvalue weighted by molar-refractivity contribution is 6.30. The molecule has 3 aliphatic rings. The van der Waals surface area contributed by atoms with Crippen LogP contribution in [-0.4, -0.2) is 83.0 Å². The fraction of sp³-hybridized carbons (Fsp3) is 0.433. The van der Waals surface area contributed by atoms with Gasteiger partial charge in [0.05, 0.1) is 43.2 Å². The van der Waals surface area contributed by atoms with Crippen LogP contribution >= 0.6 is 11.6 Å². The molecule has 3 aromatic rings. The first-order chi connectivity index (χ1) is 19.5. The van der Waals surface area contributed by atoms with Gasteiger partial charge in [-0.05, 0) is 46.5 Å². The predicted molar refractivity (Wildman–Crippen MR) is 152 cm³/mol. The molecule has 1 amide bonds. The Morgan fingerprint density at radius 2 is 1.95 bits per heavy atom. The SMILES string of the molecule is COC(C1=Cc2cccnc2C(N2CCN(C(=O)OC3CCOCC3)CC2)c2ccc(Cl)cc21)c1cncn1C. The number of pyridine rings is 1. The molecule has 4 heterocycles. The van der Waals surface area contributed by atoms with Crippen LogP contribution in [0.25, 0.3) is 11.6 Å². The number of rotatable bonds is 5. The van der Waals surface area contributed by atoms with Gasteiger partial charge in [0, 0.05) is 64.4 Å².